The Bertz CT molecular complexity index is 672. The van der Waals surface area contributed by atoms with Crippen LogP contribution >= 0.6 is 0 Å². The largest absolute Gasteiger partial charge is 0.313 e. The van der Waals surface area contributed by atoms with Gasteiger partial charge < -0.3 is 5.32 Å². The lowest BCUT2D eigenvalue weighted by molar-refractivity contribution is 0.581. The normalized spacial score (nSPS) is 11.5. The smallest absolute Gasteiger partial charge is 0.240 e. The number of hydrogen-bond donors (Lipinski definition) is 2. The number of hydrogen-bond acceptors (Lipinski definition) is 4. The Morgan fingerprint density at radius 1 is 1.10 bits per heavy atom. The number of aromatic nitrogens is 1. The fourth-order valence-electron chi connectivity index (χ4n) is 1.86. The molecule has 0 radical (unpaired) electrons. The summed E-state index contributed by atoms with van der Waals surface area (Å²) in [5, 5.41) is 3.18. The number of sulfonamides is 1. The summed E-state index contributed by atoms with van der Waals surface area (Å²) in [4.78, 5) is 4.24. The number of benzene rings is 1. The first-order chi connectivity index (χ1) is 10.1. The molecule has 1 aromatic carbocycles. The van der Waals surface area contributed by atoms with Crippen LogP contribution in [0.25, 0.3) is 0 Å². The molecule has 0 saturated carbocycles. The van der Waals surface area contributed by atoms with Crippen LogP contribution in [0.5, 0.6) is 0 Å². The first-order valence-corrected chi connectivity index (χ1v) is 8.28. The third-order valence-corrected chi connectivity index (χ3v) is 4.38. The molecule has 6 heteroatoms. The van der Waals surface area contributed by atoms with Crippen LogP contribution in [0, 0.1) is 0 Å². The van der Waals surface area contributed by atoms with Gasteiger partial charge in [-0.25, -0.2) is 13.1 Å². The van der Waals surface area contributed by atoms with Crippen molar-refractivity contribution in [1.29, 1.82) is 0 Å². The lowest BCUT2D eigenvalue weighted by Crippen LogP contribution is -2.23. The van der Waals surface area contributed by atoms with Crippen LogP contribution in [-0.4, -0.2) is 19.9 Å². The average molecular weight is 305 g/mol. The van der Waals surface area contributed by atoms with Crippen molar-refractivity contribution in [3.63, 3.8) is 0 Å². The predicted molar refractivity (Wildman–Crippen MR) is 82.1 cm³/mol. The zero-order chi connectivity index (χ0) is 15.1. The van der Waals surface area contributed by atoms with E-state index in [1.807, 2.05) is 19.1 Å². The Hall–Kier alpha value is -1.76. The minimum atomic E-state index is -3.51. The lowest BCUT2D eigenvalue weighted by Gasteiger charge is -2.08. The second-order valence-corrected chi connectivity index (χ2v) is 6.38. The Morgan fingerprint density at radius 3 is 2.62 bits per heavy atom. The highest BCUT2D eigenvalue weighted by molar-refractivity contribution is 7.89. The van der Waals surface area contributed by atoms with E-state index in [4.69, 9.17) is 0 Å². The fraction of sp³-hybridized carbons (Fsp3) is 0.267. The molecule has 0 fully saturated rings. The summed E-state index contributed by atoms with van der Waals surface area (Å²) in [5.74, 6) is 0. The minimum absolute atomic E-state index is 0.230. The van der Waals surface area contributed by atoms with Gasteiger partial charge in [0.25, 0.3) is 0 Å². The molecule has 0 amide bonds. The van der Waals surface area contributed by atoms with Crippen LogP contribution in [0.15, 0.2) is 53.7 Å². The Kier molecular flexibility index (Phi) is 5.44. The topological polar surface area (TPSA) is 71.1 Å². The predicted octanol–water partition coefficient (Wildman–Crippen LogP) is 1.67. The summed E-state index contributed by atoms with van der Waals surface area (Å²) in [6.45, 7) is 3.74. The van der Waals surface area contributed by atoms with Gasteiger partial charge in [-0.2, -0.15) is 0 Å². The van der Waals surface area contributed by atoms with Crippen molar-refractivity contribution in [3.8, 4) is 0 Å². The Labute approximate surface area is 125 Å². The summed E-state index contributed by atoms with van der Waals surface area (Å²) in [6, 6.07) is 10.6. The van der Waals surface area contributed by atoms with Gasteiger partial charge in [-0.1, -0.05) is 25.1 Å². The molecule has 2 aromatic rings. The second-order valence-electron chi connectivity index (χ2n) is 4.61. The molecule has 0 aliphatic rings. The molecule has 5 nitrogen and oxygen atoms in total. The van der Waals surface area contributed by atoms with Gasteiger partial charge in [-0.05, 0) is 35.9 Å². The highest BCUT2D eigenvalue weighted by atomic mass is 32.2. The maximum atomic E-state index is 12.3. The van der Waals surface area contributed by atoms with E-state index in [2.05, 4.69) is 15.0 Å². The maximum Gasteiger partial charge on any atom is 0.240 e. The van der Waals surface area contributed by atoms with Crippen LogP contribution in [0.3, 0.4) is 0 Å². The first-order valence-electron chi connectivity index (χ1n) is 6.80. The molecule has 21 heavy (non-hydrogen) atoms. The van der Waals surface area contributed by atoms with E-state index in [0.29, 0.717) is 6.54 Å². The van der Waals surface area contributed by atoms with Gasteiger partial charge in [0.05, 0.1) is 4.90 Å². The number of nitrogens with zero attached hydrogens (tertiary/aromatic N) is 1. The van der Waals surface area contributed by atoms with Crippen molar-refractivity contribution in [3.05, 3.63) is 59.9 Å². The zero-order valence-electron chi connectivity index (χ0n) is 11.9. The minimum Gasteiger partial charge on any atom is -0.313 e. The van der Waals surface area contributed by atoms with Crippen molar-refractivity contribution in [2.24, 2.45) is 0 Å². The lowest BCUT2D eigenvalue weighted by atomic mass is 10.2. The van der Waals surface area contributed by atoms with E-state index in [0.717, 1.165) is 17.7 Å². The molecule has 0 spiro atoms. The molecule has 0 unspecified atom stereocenters. The van der Waals surface area contributed by atoms with Gasteiger partial charge in [-0.3, -0.25) is 4.98 Å². The van der Waals surface area contributed by atoms with E-state index < -0.39 is 10.0 Å². The SMILES string of the molecule is CCNCc1cccc(S(=O)(=O)NCc2cccnc2)c1. The molecular formula is C15H19N3O2S. The van der Waals surface area contributed by atoms with Crippen LogP contribution in [0.1, 0.15) is 18.1 Å². The van der Waals surface area contributed by atoms with Gasteiger partial charge in [0.1, 0.15) is 0 Å². The molecule has 0 aliphatic carbocycles. The molecule has 2 N–H and O–H groups in total. The van der Waals surface area contributed by atoms with Crippen molar-refractivity contribution in [2.45, 2.75) is 24.9 Å². The van der Waals surface area contributed by atoms with Gasteiger partial charge in [0.2, 0.25) is 10.0 Å². The number of rotatable bonds is 7. The van der Waals surface area contributed by atoms with Crippen molar-refractivity contribution < 1.29 is 8.42 Å². The summed E-state index contributed by atoms with van der Waals surface area (Å²) in [6.07, 6.45) is 3.30. The third-order valence-electron chi connectivity index (χ3n) is 2.98. The third kappa shape index (κ3) is 4.63. The summed E-state index contributed by atoms with van der Waals surface area (Å²) in [5.41, 5.74) is 1.77. The van der Waals surface area contributed by atoms with Gasteiger partial charge in [0, 0.05) is 25.5 Å². The average Bonchev–Trinajstić information content (AvgIpc) is 2.52. The number of nitrogens with one attached hydrogen (secondary N) is 2. The summed E-state index contributed by atoms with van der Waals surface area (Å²) in [7, 11) is -3.51. The summed E-state index contributed by atoms with van der Waals surface area (Å²) < 4.78 is 27.1. The highest BCUT2D eigenvalue weighted by Gasteiger charge is 2.13. The zero-order valence-corrected chi connectivity index (χ0v) is 12.7. The summed E-state index contributed by atoms with van der Waals surface area (Å²) >= 11 is 0. The molecular weight excluding hydrogens is 286 g/mol. The standard InChI is InChI=1S/C15H19N3O2S/c1-2-16-10-13-5-3-7-15(9-13)21(19,20)18-12-14-6-4-8-17-11-14/h3-9,11,16,18H,2,10,12H2,1H3. The maximum absolute atomic E-state index is 12.3. The van der Waals surface area contributed by atoms with E-state index in [-0.39, 0.29) is 11.4 Å². The molecule has 0 bridgehead atoms. The Morgan fingerprint density at radius 2 is 1.90 bits per heavy atom. The molecule has 112 valence electrons. The molecule has 0 aliphatic heterocycles. The van der Waals surface area contributed by atoms with Gasteiger partial charge >= 0.3 is 0 Å². The van der Waals surface area contributed by atoms with Crippen LogP contribution in [0.4, 0.5) is 0 Å². The van der Waals surface area contributed by atoms with E-state index in [1.54, 1.807) is 36.7 Å². The van der Waals surface area contributed by atoms with Gasteiger partial charge in [-0.15, -0.1) is 0 Å². The van der Waals surface area contributed by atoms with Crippen molar-refractivity contribution in [1.82, 2.24) is 15.0 Å². The molecule has 2 rings (SSSR count). The highest BCUT2D eigenvalue weighted by Crippen LogP contribution is 2.12. The quantitative estimate of drug-likeness (QED) is 0.816. The molecule has 1 aromatic heterocycles. The molecule has 0 saturated heterocycles. The van der Waals surface area contributed by atoms with E-state index in [9.17, 15) is 8.42 Å². The van der Waals surface area contributed by atoms with E-state index in [1.165, 1.54) is 0 Å². The first kappa shape index (κ1) is 15.6. The van der Waals surface area contributed by atoms with Crippen molar-refractivity contribution in [2.75, 3.05) is 6.54 Å². The van der Waals surface area contributed by atoms with Crippen LogP contribution < -0.4 is 10.0 Å². The Balaban J connectivity index is 2.08. The fourth-order valence-corrected chi connectivity index (χ4v) is 2.94. The molecule has 1 heterocycles. The monoisotopic (exact) mass is 305 g/mol. The number of pyridine rings is 1. The van der Waals surface area contributed by atoms with Crippen LogP contribution in [0.2, 0.25) is 0 Å². The van der Waals surface area contributed by atoms with E-state index >= 15 is 0 Å². The second kappa shape index (κ2) is 7.31. The van der Waals surface area contributed by atoms with Crippen molar-refractivity contribution >= 4 is 10.0 Å². The van der Waals surface area contributed by atoms with Crippen LogP contribution in [-0.2, 0) is 23.1 Å². The van der Waals surface area contributed by atoms with Gasteiger partial charge in [0.15, 0.2) is 0 Å². The molecule has 0 atom stereocenters.